The Bertz CT molecular complexity index is 828. The lowest BCUT2D eigenvalue weighted by molar-refractivity contribution is -0.131. The quantitative estimate of drug-likeness (QED) is 0.674. The number of anilines is 1. The lowest BCUT2D eigenvalue weighted by Gasteiger charge is -2.36. The first-order valence-electron chi connectivity index (χ1n) is 8.77. The highest BCUT2D eigenvalue weighted by molar-refractivity contribution is 5.79. The number of nitrogens with two attached hydrogens (primary N) is 1. The van der Waals surface area contributed by atoms with Crippen molar-refractivity contribution in [3.05, 3.63) is 71.1 Å². The third-order valence-electron chi connectivity index (χ3n) is 4.55. The molecule has 1 aliphatic carbocycles. The van der Waals surface area contributed by atoms with Crippen LogP contribution >= 0.6 is 0 Å². The summed E-state index contributed by atoms with van der Waals surface area (Å²) in [5, 5.41) is 9.41. The molecule has 0 radical (unpaired) electrons. The normalized spacial score (nSPS) is 20.3. The lowest BCUT2D eigenvalue weighted by atomic mass is 10.1. The first kappa shape index (κ1) is 17.6. The fourth-order valence-corrected chi connectivity index (χ4v) is 3.08. The minimum Gasteiger partial charge on any atom is -0.399 e. The molecule has 0 atom stereocenters. The average molecular weight is 346 g/mol. The zero-order valence-corrected chi connectivity index (χ0v) is 14.7. The van der Waals surface area contributed by atoms with Gasteiger partial charge >= 0.3 is 0 Å². The molecule has 3 rings (SSSR count). The monoisotopic (exact) mass is 346 g/mol. The maximum Gasteiger partial charge on any atom is 0.227 e. The molecule has 5 heteroatoms. The summed E-state index contributed by atoms with van der Waals surface area (Å²) in [6, 6.07) is 9.67. The van der Waals surface area contributed by atoms with Crippen LogP contribution in [0, 0.1) is 11.3 Å². The number of hydrogen-bond donors (Lipinski definition) is 1. The van der Waals surface area contributed by atoms with Crippen molar-refractivity contribution in [2.24, 2.45) is 0 Å². The average Bonchev–Trinajstić information content (AvgIpc) is 2.64. The fourth-order valence-electron chi connectivity index (χ4n) is 3.08. The van der Waals surface area contributed by atoms with Crippen LogP contribution in [0.5, 0.6) is 0 Å². The number of nitrogens with zero attached hydrogens (tertiary/aromatic N) is 3. The number of nitriles is 1. The Morgan fingerprint density at radius 3 is 2.62 bits per heavy atom. The van der Waals surface area contributed by atoms with Gasteiger partial charge in [-0.2, -0.15) is 5.26 Å². The van der Waals surface area contributed by atoms with E-state index in [4.69, 9.17) is 5.73 Å². The van der Waals surface area contributed by atoms with E-state index in [-0.39, 0.29) is 5.91 Å². The number of hydrogen-bond acceptors (Lipinski definition) is 4. The molecular weight excluding hydrogens is 324 g/mol. The molecule has 0 unspecified atom stereocenters. The van der Waals surface area contributed by atoms with E-state index < -0.39 is 0 Å². The van der Waals surface area contributed by atoms with Crippen molar-refractivity contribution in [2.45, 2.75) is 12.8 Å². The van der Waals surface area contributed by atoms with E-state index in [1.165, 1.54) is 0 Å². The first-order valence-corrected chi connectivity index (χ1v) is 8.77. The Hall–Kier alpha value is -3.22. The van der Waals surface area contributed by atoms with Gasteiger partial charge in [0.15, 0.2) is 0 Å². The second-order valence-electron chi connectivity index (χ2n) is 6.34. The van der Waals surface area contributed by atoms with Gasteiger partial charge in [0.25, 0.3) is 0 Å². The molecule has 1 heterocycles. The van der Waals surface area contributed by atoms with Gasteiger partial charge in [0.05, 0.1) is 17.7 Å². The Balaban J connectivity index is 1.62. The summed E-state index contributed by atoms with van der Waals surface area (Å²) in [5.74, 6) is 0.121. The minimum absolute atomic E-state index is 0.121. The number of nitrogen functional groups attached to an aromatic ring is 1. The maximum atomic E-state index is 12.5. The van der Waals surface area contributed by atoms with Gasteiger partial charge in [-0.1, -0.05) is 30.0 Å². The lowest BCUT2D eigenvalue weighted by Crippen LogP contribution is -2.48. The Kier molecular flexibility index (Phi) is 5.58. The molecule has 1 aromatic rings. The van der Waals surface area contributed by atoms with Crippen molar-refractivity contribution >= 4 is 11.6 Å². The van der Waals surface area contributed by atoms with Crippen LogP contribution in [0.2, 0.25) is 0 Å². The van der Waals surface area contributed by atoms with Gasteiger partial charge in [0, 0.05) is 31.9 Å². The third kappa shape index (κ3) is 4.24. The smallest absolute Gasteiger partial charge is 0.227 e. The van der Waals surface area contributed by atoms with Crippen LogP contribution in [0.1, 0.15) is 12.0 Å². The van der Waals surface area contributed by atoms with E-state index >= 15 is 0 Å². The van der Waals surface area contributed by atoms with E-state index in [1.54, 1.807) is 0 Å². The number of carbonyl (C=O) groups excluding carboxylic acids is 1. The van der Waals surface area contributed by atoms with Gasteiger partial charge in [-0.3, -0.25) is 4.79 Å². The van der Waals surface area contributed by atoms with Gasteiger partial charge < -0.3 is 15.5 Å². The van der Waals surface area contributed by atoms with Crippen LogP contribution in [0.3, 0.4) is 0 Å². The van der Waals surface area contributed by atoms with E-state index in [0.29, 0.717) is 43.9 Å². The molecule has 0 spiro atoms. The topological polar surface area (TPSA) is 73.4 Å². The molecule has 0 bridgehead atoms. The molecule has 0 aromatic heterocycles. The Labute approximate surface area is 154 Å². The Morgan fingerprint density at radius 2 is 1.92 bits per heavy atom. The molecule has 1 aromatic carbocycles. The molecule has 132 valence electrons. The molecular formula is C21H22N4O. The van der Waals surface area contributed by atoms with Gasteiger partial charge in [-0.15, -0.1) is 0 Å². The van der Waals surface area contributed by atoms with Crippen LogP contribution in [0.4, 0.5) is 5.69 Å². The predicted octanol–water partition coefficient (Wildman–Crippen LogP) is 2.40. The van der Waals surface area contributed by atoms with E-state index in [1.807, 2.05) is 53.5 Å². The number of carbonyl (C=O) groups is 1. The van der Waals surface area contributed by atoms with Gasteiger partial charge in [0.2, 0.25) is 5.91 Å². The highest BCUT2D eigenvalue weighted by Crippen LogP contribution is 2.18. The molecule has 5 nitrogen and oxygen atoms in total. The summed E-state index contributed by atoms with van der Waals surface area (Å²) in [4.78, 5) is 16.6. The van der Waals surface area contributed by atoms with E-state index in [2.05, 4.69) is 16.7 Å². The summed E-state index contributed by atoms with van der Waals surface area (Å²) in [7, 11) is 0. The van der Waals surface area contributed by atoms with Crippen LogP contribution in [0.25, 0.3) is 0 Å². The van der Waals surface area contributed by atoms with Crippen molar-refractivity contribution < 1.29 is 4.79 Å². The summed E-state index contributed by atoms with van der Waals surface area (Å²) in [5.41, 5.74) is 12.0. The molecule has 26 heavy (non-hydrogen) atoms. The second-order valence-corrected chi connectivity index (χ2v) is 6.34. The number of rotatable bonds is 3. The molecule has 2 aliphatic rings. The zero-order chi connectivity index (χ0) is 18.4. The Morgan fingerprint density at radius 1 is 1.19 bits per heavy atom. The SMILES string of the molecule is N#C/C1=C/C=C\CC=C=C1N1CCN(C(=O)Cc2ccc(N)cc2)CC1. The van der Waals surface area contributed by atoms with Gasteiger partial charge in [-0.05, 0) is 36.3 Å². The molecule has 0 saturated carbocycles. The molecule has 1 fully saturated rings. The number of piperazine rings is 1. The predicted molar refractivity (Wildman–Crippen MR) is 102 cm³/mol. The largest absolute Gasteiger partial charge is 0.399 e. The highest BCUT2D eigenvalue weighted by Gasteiger charge is 2.23. The molecule has 1 saturated heterocycles. The molecule has 1 aliphatic heterocycles. The fraction of sp³-hybridized carbons (Fsp3) is 0.286. The van der Waals surface area contributed by atoms with Crippen LogP contribution < -0.4 is 5.73 Å². The van der Waals surface area contributed by atoms with Crippen LogP contribution in [0.15, 0.2) is 65.6 Å². The van der Waals surface area contributed by atoms with E-state index in [0.717, 1.165) is 17.7 Å². The van der Waals surface area contributed by atoms with Crippen molar-refractivity contribution in [2.75, 3.05) is 31.9 Å². The van der Waals surface area contributed by atoms with E-state index in [9.17, 15) is 10.1 Å². The summed E-state index contributed by atoms with van der Waals surface area (Å²) < 4.78 is 0. The summed E-state index contributed by atoms with van der Waals surface area (Å²) in [6.07, 6.45) is 8.86. The summed E-state index contributed by atoms with van der Waals surface area (Å²) in [6.45, 7) is 2.69. The summed E-state index contributed by atoms with van der Waals surface area (Å²) >= 11 is 0. The second kappa shape index (κ2) is 8.24. The first-order chi connectivity index (χ1) is 12.7. The number of allylic oxidation sites excluding steroid dienone is 4. The van der Waals surface area contributed by atoms with Crippen molar-refractivity contribution in [1.29, 1.82) is 5.26 Å². The third-order valence-corrected chi connectivity index (χ3v) is 4.55. The zero-order valence-electron chi connectivity index (χ0n) is 14.7. The molecule has 2 N–H and O–H groups in total. The number of benzene rings is 1. The van der Waals surface area contributed by atoms with Gasteiger partial charge in [0.1, 0.15) is 6.07 Å². The van der Waals surface area contributed by atoms with Crippen molar-refractivity contribution in [1.82, 2.24) is 9.80 Å². The van der Waals surface area contributed by atoms with Crippen molar-refractivity contribution in [3.8, 4) is 6.07 Å². The maximum absolute atomic E-state index is 12.5. The van der Waals surface area contributed by atoms with Crippen LogP contribution in [-0.2, 0) is 11.2 Å². The van der Waals surface area contributed by atoms with Crippen LogP contribution in [-0.4, -0.2) is 41.9 Å². The molecule has 1 amide bonds. The number of amides is 1. The standard InChI is InChI=1S/C21H22N4O/c22-16-18-5-3-1-2-4-6-20(18)24-11-13-25(14-12-24)21(26)15-17-7-9-19(23)10-8-17/h1,3-5,7-10H,2,11-15,23H2/b3-1-,18-5-. The van der Waals surface area contributed by atoms with Crippen molar-refractivity contribution in [3.63, 3.8) is 0 Å². The highest BCUT2D eigenvalue weighted by atomic mass is 16.2. The van der Waals surface area contributed by atoms with Gasteiger partial charge in [-0.25, -0.2) is 0 Å². The minimum atomic E-state index is 0.121.